The van der Waals surface area contributed by atoms with Crippen LogP contribution in [0.2, 0.25) is 24.7 Å². The van der Waals surface area contributed by atoms with E-state index in [0.717, 1.165) is 5.19 Å². The molecule has 0 unspecified atom stereocenters. The van der Waals surface area contributed by atoms with Crippen LogP contribution in [0.4, 0.5) is 4.79 Å². The zero-order chi connectivity index (χ0) is 14.8. The molecule has 2 rings (SSSR count). The van der Waals surface area contributed by atoms with E-state index in [1.165, 1.54) is 4.57 Å². The summed E-state index contributed by atoms with van der Waals surface area (Å²) in [6, 6.07) is 10.7. The van der Waals surface area contributed by atoms with Crippen molar-refractivity contribution >= 4 is 31.0 Å². The van der Waals surface area contributed by atoms with Gasteiger partial charge in [-0.2, -0.15) is 4.79 Å². The number of hydrogen-bond acceptors (Lipinski definition) is 2. The third-order valence-corrected chi connectivity index (χ3v) is 5.38. The predicted octanol–water partition coefficient (Wildman–Crippen LogP) is 3.22. The number of pyridine rings is 1. The van der Waals surface area contributed by atoms with Crippen molar-refractivity contribution in [3.05, 3.63) is 53.8 Å². The molecule has 0 bridgehead atoms. The number of para-hydroxylation sites is 1. The molecule has 1 aromatic heterocycles. The lowest BCUT2D eigenvalue weighted by atomic mass is 10.3. The van der Waals surface area contributed by atoms with Crippen molar-refractivity contribution < 1.29 is 14.1 Å². The average Bonchev–Trinajstić information content (AvgIpc) is 2.39. The Hall–Kier alpha value is -1.65. The zero-order valence-electron chi connectivity index (χ0n) is 11.8. The fourth-order valence-electron chi connectivity index (χ4n) is 1.79. The Kier molecular flexibility index (Phi) is 4.25. The van der Waals surface area contributed by atoms with Gasteiger partial charge in [-0.05, 0) is 12.1 Å². The summed E-state index contributed by atoms with van der Waals surface area (Å²) in [6.07, 6.45) is 2.96. The smallest absolute Gasteiger partial charge is 0.372 e. The summed E-state index contributed by atoms with van der Waals surface area (Å²) in [5.41, 5.74) is 0. The molecule has 0 saturated heterocycles. The van der Waals surface area contributed by atoms with E-state index in [-0.39, 0.29) is 0 Å². The number of aromatic nitrogens is 1. The first-order valence-corrected chi connectivity index (χ1v) is 10.2. The van der Waals surface area contributed by atoms with Crippen molar-refractivity contribution in [1.29, 1.82) is 0 Å². The summed E-state index contributed by atoms with van der Waals surface area (Å²) >= 11 is 6.22. The van der Waals surface area contributed by atoms with E-state index in [1.54, 1.807) is 30.6 Å². The van der Waals surface area contributed by atoms with Crippen LogP contribution in [0.5, 0.6) is 5.75 Å². The summed E-state index contributed by atoms with van der Waals surface area (Å²) in [5.74, 6) is 0.523. The molecular formula is C15H17ClNO2Si+. The van der Waals surface area contributed by atoms with E-state index >= 15 is 0 Å². The molecule has 2 aromatic rings. The quantitative estimate of drug-likeness (QED) is 0.630. The monoisotopic (exact) mass is 306 g/mol. The minimum absolute atomic E-state index is 0.438. The van der Waals surface area contributed by atoms with Gasteiger partial charge >= 0.3 is 6.09 Å². The number of ether oxygens (including phenoxy) is 1. The summed E-state index contributed by atoms with van der Waals surface area (Å²) in [4.78, 5) is 12.1. The van der Waals surface area contributed by atoms with Crippen LogP contribution in [0.25, 0.3) is 0 Å². The maximum atomic E-state index is 12.1. The van der Waals surface area contributed by atoms with Crippen molar-refractivity contribution in [2.45, 2.75) is 19.6 Å². The first-order chi connectivity index (χ1) is 9.38. The first-order valence-electron chi connectivity index (χ1n) is 6.36. The minimum Gasteiger partial charge on any atom is -0.372 e. The van der Waals surface area contributed by atoms with Crippen LogP contribution >= 0.6 is 11.6 Å². The maximum absolute atomic E-state index is 12.1. The maximum Gasteiger partial charge on any atom is 0.607 e. The van der Waals surface area contributed by atoms with Gasteiger partial charge in [-0.25, -0.2) is 0 Å². The number of benzene rings is 1. The van der Waals surface area contributed by atoms with E-state index in [0.29, 0.717) is 10.8 Å². The Morgan fingerprint density at radius 1 is 1.15 bits per heavy atom. The van der Waals surface area contributed by atoms with Crippen molar-refractivity contribution in [2.75, 3.05) is 0 Å². The average molecular weight is 307 g/mol. The second-order valence-corrected chi connectivity index (χ2v) is 11.0. The van der Waals surface area contributed by atoms with Crippen LogP contribution < -0.4 is 14.5 Å². The lowest BCUT2D eigenvalue weighted by molar-refractivity contribution is -0.581. The van der Waals surface area contributed by atoms with Crippen LogP contribution in [-0.2, 0) is 0 Å². The van der Waals surface area contributed by atoms with Gasteiger partial charge in [-0.15, -0.1) is 0 Å². The molecule has 104 valence electrons. The molecule has 0 spiro atoms. The number of halogens is 1. The predicted molar refractivity (Wildman–Crippen MR) is 82.5 cm³/mol. The van der Waals surface area contributed by atoms with Gasteiger partial charge in [0.15, 0.2) is 12.4 Å². The van der Waals surface area contributed by atoms with E-state index in [1.807, 2.05) is 18.2 Å². The highest BCUT2D eigenvalue weighted by Gasteiger charge is 2.26. The second-order valence-electron chi connectivity index (χ2n) is 5.54. The van der Waals surface area contributed by atoms with Crippen molar-refractivity contribution in [3.8, 4) is 5.75 Å². The Morgan fingerprint density at radius 3 is 2.40 bits per heavy atom. The largest absolute Gasteiger partial charge is 0.607 e. The molecule has 0 radical (unpaired) electrons. The molecule has 0 aliphatic heterocycles. The molecule has 0 saturated carbocycles. The molecule has 0 N–H and O–H groups in total. The Morgan fingerprint density at radius 2 is 1.80 bits per heavy atom. The van der Waals surface area contributed by atoms with Gasteiger partial charge in [0.25, 0.3) is 0 Å². The Bertz CT molecular complexity index is 624. The summed E-state index contributed by atoms with van der Waals surface area (Å²) in [5, 5.41) is 1.74. The van der Waals surface area contributed by atoms with Crippen LogP contribution in [0.15, 0.2) is 48.8 Å². The van der Waals surface area contributed by atoms with E-state index in [4.69, 9.17) is 16.3 Å². The third-order valence-electron chi connectivity index (χ3n) is 2.87. The van der Waals surface area contributed by atoms with E-state index in [2.05, 4.69) is 19.6 Å². The minimum atomic E-state index is -1.61. The molecule has 0 aliphatic carbocycles. The normalized spacial score (nSPS) is 11.2. The number of hydrogen-bond donors (Lipinski definition) is 0. The van der Waals surface area contributed by atoms with E-state index in [9.17, 15) is 4.79 Å². The Balaban J connectivity index is 2.27. The molecule has 0 amide bonds. The molecule has 1 heterocycles. The van der Waals surface area contributed by atoms with Crippen LogP contribution in [0.1, 0.15) is 0 Å². The summed E-state index contributed by atoms with van der Waals surface area (Å²) in [7, 11) is -1.61. The number of nitrogens with zero attached hydrogens (tertiary/aromatic N) is 1. The van der Waals surface area contributed by atoms with Gasteiger partial charge in [-0.3, -0.25) is 0 Å². The molecule has 0 aliphatic rings. The number of carbonyl (C=O) groups excluding carboxylic acids is 1. The fourth-order valence-corrected chi connectivity index (χ4v) is 4.07. The van der Waals surface area contributed by atoms with Crippen LogP contribution in [-0.4, -0.2) is 14.2 Å². The topological polar surface area (TPSA) is 30.2 Å². The van der Waals surface area contributed by atoms with Gasteiger partial charge in [0.2, 0.25) is 0 Å². The third kappa shape index (κ3) is 3.46. The van der Waals surface area contributed by atoms with Crippen molar-refractivity contribution in [2.24, 2.45) is 0 Å². The van der Waals surface area contributed by atoms with Crippen LogP contribution in [0, 0.1) is 0 Å². The van der Waals surface area contributed by atoms with Gasteiger partial charge in [0, 0.05) is 11.3 Å². The zero-order valence-corrected chi connectivity index (χ0v) is 13.5. The van der Waals surface area contributed by atoms with Gasteiger partial charge in [-0.1, -0.05) is 54.0 Å². The second kappa shape index (κ2) is 5.77. The summed E-state index contributed by atoms with van der Waals surface area (Å²) < 4.78 is 6.74. The lowest BCUT2D eigenvalue weighted by Gasteiger charge is -2.15. The van der Waals surface area contributed by atoms with Gasteiger partial charge < -0.3 is 4.74 Å². The van der Waals surface area contributed by atoms with Crippen molar-refractivity contribution in [3.63, 3.8) is 0 Å². The highest BCUT2D eigenvalue weighted by molar-refractivity contribution is 6.90. The van der Waals surface area contributed by atoms with Gasteiger partial charge in [0.05, 0.1) is 13.1 Å². The fraction of sp³-hybridized carbons (Fsp3) is 0.200. The number of rotatable bonds is 2. The summed E-state index contributed by atoms with van der Waals surface area (Å²) in [6.45, 7) is 6.54. The lowest BCUT2D eigenvalue weighted by Crippen LogP contribution is -2.51. The number of carbonyl (C=O) groups is 1. The standard InChI is InChI=1S/C15H17ClNO2Si/c1-20(2,3)14-11-17(10-9-13(14)16)15(18)19-12-7-5-4-6-8-12/h4-11H,1-3H3/q+1. The SMILES string of the molecule is C[Si](C)(C)c1c[n+](C(=O)Oc2ccccc2)ccc1Cl. The molecule has 1 aromatic carbocycles. The van der Waals surface area contributed by atoms with E-state index < -0.39 is 14.2 Å². The van der Waals surface area contributed by atoms with Gasteiger partial charge in [0.1, 0.15) is 5.75 Å². The molecule has 0 fully saturated rings. The highest BCUT2D eigenvalue weighted by atomic mass is 35.5. The highest BCUT2D eigenvalue weighted by Crippen LogP contribution is 2.11. The molecule has 20 heavy (non-hydrogen) atoms. The molecule has 3 nitrogen and oxygen atoms in total. The van der Waals surface area contributed by atoms with Crippen LogP contribution in [0.3, 0.4) is 0 Å². The molecule has 0 atom stereocenters. The molecule has 5 heteroatoms. The Labute approximate surface area is 124 Å². The van der Waals surface area contributed by atoms with Crippen molar-refractivity contribution in [1.82, 2.24) is 0 Å². The molecular weight excluding hydrogens is 290 g/mol. The first kappa shape index (κ1) is 14.7.